The third-order valence-electron chi connectivity index (χ3n) is 3.35. The number of piperidine rings is 1. The molecule has 0 aromatic rings. The van der Waals surface area contributed by atoms with Gasteiger partial charge in [-0.1, -0.05) is 0 Å². The number of hydrogen-bond donors (Lipinski definition) is 3. The molecule has 0 bridgehead atoms. The Hall–Kier alpha value is -0.610. The highest BCUT2D eigenvalue weighted by molar-refractivity contribution is 5.77. The molecule has 1 rings (SSSR count). The standard InChI is InChI=1S/C12H24N2O2/c1-11(2)5-8(6-12(3,4)14-11)9(7-15)10(13)16/h8-9,14-15H,5-7H2,1-4H3,(H2,13,16)/t9-/m0/s1. The number of primary amides is 1. The largest absolute Gasteiger partial charge is 0.396 e. The summed E-state index contributed by atoms with van der Waals surface area (Å²) in [5.41, 5.74) is 5.30. The van der Waals surface area contributed by atoms with Gasteiger partial charge in [-0.15, -0.1) is 0 Å². The van der Waals surface area contributed by atoms with E-state index < -0.39 is 5.92 Å². The van der Waals surface area contributed by atoms with E-state index in [1.807, 2.05) is 0 Å². The second-order valence-corrected chi connectivity index (χ2v) is 6.25. The molecule has 94 valence electrons. The van der Waals surface area contributed by atoms with E-state index in [0.29, 0.717) is 0 Å². The van der Waals surface area contributed by atoms with Crippen molar-refractivity contribution in [3.63, 3.8) is 0 Å². The van der Waals surface area contributed by atoms with Crippen molar-refractivity contribution in [2.45, 2.75) is 51.6 Å². The first-order chi connectivity index (χ1) is 7.17. The Kier molecular flexibility index (Phi) is 3.65. The Morgan fingerprint density at radius 1 is 1.38 bits per heavy atom. The average Bonchev–Trinajstić information content (AvgIpc) is 1.97. The normalized spacial score (nSPS) is 26.3. The smallest absolute Gasteiger partial charge is 0.223 e. The number of rotatable bonds is 3. The lowest BCUT2D eigenvalue weighted by Gasteiger charge is -2.48. The summed E-state index contributed by atoms with van der Waals surface area (Å²) >= 11 is 0. The molecule has 0 aromatic carbocycles. The molecule has 1 aliphatic rings. The van der Waals surface area contributed by atoms with Gasteiger partial charge in [-0.25, -0.2) is 0 Å². The maximum Gasteiger partial charge on any atom is 0.223 e. The van der Waals surface area contributed by atoms with Crippen molar-refractivity contribution in [2.24, 2.45) is 17.6 Å². The summed E-state index contributed by atoms with van der Waals surface area (Å²) in [6.45, 7) is 8.34. The van der Waals surface area contributed by atoms with E-state index in [4.69, 9.17) is 5.73 Å². The van der Waals surface area contributed by atoms with Crippen LogP contribution in [0.2, 0.25) is 0 Å². The van der Waals surface area contributed by atoms with Gasteiger partial charge >= 0.3 is 0 Å². The van der Waals surface area contributed by atoms with Crippen molar-refractivity contribution in [3.8, 4) is 0 Å². The van der Waals surface area contributed by atoms with Gasteiger partial charge < -0.3 is 16.2 Å². The van der Waals surface area contributed by atoms with Gasteiger partial charge in [0.05, 0.1) is 12.5 Å². The average molecular weight is 228 g/mol. The maximum atomic E-state index is 11.3. The van der Waals surface area contributed by atoms with E-state index in [1.165, 1.54) is 0 Å². The van der Waals surface area contributed by atoms with E-state index in [1.54, 1.807) is 0 Å². The van der Waals surface area contributed by atoms with Gasteiger partial charge in [0.2, 0.25) is 5.91 Å². The second kappa shape index (κ2) is 4.34. The zero-order chi connectivity index (χ0) is 12.6. The Balaban J connectivity index is 2.84. The predicted octanol–water partition coefficient (Wildman–Crippen LogP) is 0.637. The van der Waals surface area contributed by atoms with Gasteiger partial charge in [0.25, 0.3) is 0 Å². The highest BCUT2D eigenvalue weighted by Crippen LogP contribution is 2.36. The molecule has 0 saturated carbocycles. The zero-order valence-electron chi connectivity index (χ0n) is 10.7. The Bertz CT molecular complexity index is 258. The maximum absolute atomic E-state index is 11.3. The third kappa shape index (κ3) is 3.19. The number of aliphatic hydroxyl groups is 1. The Morgan fingerprint density at radius 3 is 2.12 bits per heavy atom. The Morgan fingerprint density at radius 2 is 1.81 bits per heavy atom. The lowest BCUT2D eigenvalue weighted by molar-refractivity contribution is -0.126. The van der Waals surface area contributed by atoms with E-state index >= 15 is 0 Å². The number of amides is 1. The highest BCUT2D eigenvalue weighted by atomic mass is 16.3. The molecule has 1 aliphatic heterocycles. The fourth-order valence-electron chi connectivity index (χ4n) is 3.16. The van der Waals surface area contributed by atoms with Crippen LogP contribution < -0.4 is 11.1 Å². The molecule has 1 amide bonds. The first-order valence-corrected chi connectivity index (χ1v) is 5.86. The lowest BCUT2D eigenvalue weighted by atomic mass is 9.71. The van der Waals surface area contributed by atoms with Crippen molar-refractivity contribution in [3.05, 3.63) is 0 Å². The summed E-state index contributed by atoms with van der Waals surface area (Å²) in [6.07, 6.45) is 1.73. The summed E-state index contributed by atoms with van der Waals surface area (Å²) < 4.78 is 0. The monoisotopic (exact) mass is 228 g/mol. The van der Waals surface area contributed by atoms with Crippen LogP contribution in [0.5, 0.6) is 0 Å². The number of nitrogens with two attached hydrogens (primary N) is 1. The highest BCUT2D eigenvalue weighted by Gasteiger charge is 2.41. The van der Waals surface area contributed by atoms with Gasteiger partial charge in [-0.2, -0.15) is 0 Å². The van der Waals surface area contributed by atoms with E-state index in [0.717, 1.165) is 12.8 Å². The van der Waals surface area contributed by atoms with Crippen molar-refractivity contribution >= 4 is 5.91 Å². The predicted molar refractivity (Wildman–Crippen MR) is 63.8 cm³/mol. The van der Waals surface area contributed by atoms with Crippen molar-refractivity contribution in [2.75, 3.05) is 6.61 Å². The molecule has 0 aliphatic carbocycles. The van der Waals surface area contributed by atoms with Gasteiger partial charge in [0.15, 0.2) is 0 Å². The molecular formula is C12H24N2O2. The molecule has 1 fully saturated rings. The lowest BCUT2D eigenvalue weighted by Crippen LogP contribution is -2.59. The first kappa shape index (κ1) is 13.5. The second-order valence-electron chi connectivity index (χ2n) is 6.25. The van der Waals surface area contributed by atoms with Crippen LogP contribution in [0.25, 0.3) is 0 Å². The van der Waals surface area contributed by atoms with E-state index in [-0.39, 0.29) is 29.5 Å². The first-order valence-electron chi connectivity index (χ1n) is 5.86. The number of carbonyl (C=O) groups is 1. The van der Waals surface area contributed by atoms with E-state index in [9.17, 15) is 9.90 Å². The topological polar surface area (TPSA) is 75.3 Å². The number of aliphatic hydroxyl groups excluding tert-OH is 1. The molecule has 0 aromatic heterocycles. The van der Waals surface area contributed by atoms with Crippen LogP contribution in [0.4, 0.5) is 0 Å². The van der Waals surface area contributed by atoms with Crippen LogP contribution in [0.3, 0.4) is 0 Å². The van der Waals surface area contributed by atoms with Crippen molar-refractivity contribution < 1.29 is 9.90 Å². The van der Waals surface area contributed by atoms with Crippen LogP contribution >= 0.6 is 0 Å². The minimum absolute atomic E-state index is 0.0186. The van der Waals surface area contributed by atoms with E-state index in [2.05, 4.69) is 33.0 Å². The van der Waals surface area contributed by atoms with Crippen LogP contribution in [0.1, 0.15) is 40.5 Å². The fraction of sp³-hybridized carbons (Fsp3) is 0.917. The fourth-order valence-corrected chi connectivity index (χ4v) is 3.16. The molecule has 0 radical (unpaired) electrons. The molecule has 4 heteroatoms. The minimum atomic E-state index is -0.416. The number of nitrogens with one attached hydrogen (secondary N) is 1. The SMILES string of the molecule is CC1(C)CC([C@H](CO)C(N)=O)CC(C)(C)N1. The van der Waals surface area contributed by atoms with Crippen molar-refractivity contribution in [1.82, 2.24) is 5.32 Å². The molecule has 0 unspecified atom stereocenters. The molecule has 1 saturated heterocycles. The molecular weight excluding hydrogens is 204 g/mol. The van der Waals surface area contributed by atoms with Gasteiger partial charge in [-0.05, 0) is 46.5 Å². The number of carbonyl (C=O) groups excluding carboxylic acids is 1. The van der Waals surface area contributed by atoms with Crippen LogP contribution in [-0.2, 0) is 4.79 Å². The molecule has 4 N–H and O–H groups in total. The van der Waals surface area contributed by atoms with Crippen LogP contribution in [-0.4, -0.2) is 28.7 Å². The molecule has 4 nitrogen and oxygen atoms in total. The quantitative estimate of drug-likeness (QED) is 0.663. The summed E-state index contributed by atoms with van der Waals surface area (Å²) in [5, 5.41) is 12.8. The summed E-state index contributed by atoms with van der Waals surface area (Å²) in [7, 11) is 0. The van der Waals surface area contributed by atoms with Gasteiger partial charge in [-0.3, -0.25) is 4.79 Å². The summed E-state index contributed by atoms with van der Waals surface area (Å²) in [5.74, 6) is -0.643. The molecule has 0 spiro atoms. The summed E-state index contributed by atoms with van der Waals surface area (Å²) in [4.78, 5) is 11.3. The summed E-state index contributed by atoms with van der Waals surface area (Å²) in [6, 6.07) is 0. The molecule has 16 heavy (non-hydrogen) atoms. The zero-order valence-corrected chi connectivity index (χ0v) is 10.7. The molecule has 1 atom stereocenters. The third-order valence-corrected chi connectivity index (χ3v) is 3.35. The Labute approximate surface area is 97.6 Å². The van der Waals surface area contributed by atoms with Crippen molar-refractivity contribution in [1.29, 1.82) is 0 Å². The van der Waals surface area contributed by atoms with Gasteiger partial charge in [0, 0.05) is 11.1 Å². The van der Waals surface area contributed by atoms with Crippen LogP contribution in [0.15, 0.2) is 0 Å². The van der Waals surface area contributed by atoms with Gasteiger partial charge in [0.1, 0.15) is 0 Å². The number of hydrogen-bond acceptors (Lipinski definition) is 3. The molecule has 1 heterocycles. The van der Waals surface area contributed by atoms with Crippen LogP contribution in [0, 0.1) is 11.8 Å². The minimum Gasteiger partial charge on any atom is -0.396 e.